The van der Waals surface area contributed by atoms with Gasteiger partial charge in [-0.3, -0.25) is 9.78 Å². The van der Waals surface area contributed by atoms with E-state index in [0.717, 1.165) is 12.0 Å². The summed E-state index contributed by atoms with van der Waals surface area (Å²) >= 11 is 0. The fourth-order valence-electron chi connectivity index (χ4n) is 6.86. The van der Waals surface area contributed by atoms with Crippen LogP contribution in [0.15, 0.2) is 54.0 Å². The summed E-state index contributed by atoms with van der Waals surface area (Å²) in [4.78, 5) is 44.3. The average Bonchev–Trinajstić information content (AvgIpc) is 3.62. The lowest BCUT2D eigenvalue weighted by Gasteiger charge is -2.35. The van der Waals surface area contributed by atoms with Gasteiger partial charge < -0.3 is 14.5 Å². The second-order valence-corrected chi connectivity index (χ2v) is 11.9. The number of aryl methyl sites for hydroxylation is 1. The van der Waals surface area contributed by atoms with E-state index in [2.05, 4.69) is 16.5 Å². The Morgan fingerprint density at radius 3 is 2.70 bits per heavy atom. The smallest absolute Gasteiger partial charge is 0.355 e. The van der Waals surface area contributed by atoms with Gasteiger partial charge in [0.25, 0.3) is 0 Å². The average molecular weight is 599 g/mol. The summed E-state index contributed by atoms with van der Waals surface area (Å²) in [6.45, 7) is 8.77. The van der Waals surface area contributed by atoms with Crippen LogP contribution < -0.4 is 15.3 Å². The topological polar surface area (TPSA) is 93.5 Å². The molecule has 0 unspecified atom stereocenters. The number of piperazine rings is 1. The van der Waals surface area contributed by atoms with Crippen molar-refractivity contribution in [3.8, 4) is 22.7 Å². The van der Waals surface area contributed by atoms with Crippen LogP contribution in [0.3, 0.4) is 0 Å². The Balaban J connectivity index is 1.53. The lowest BCUT2D eigenvalue weighted by molar-refractivity contribution is -0.127. The van der Waals surface area contributed by atoms with Crippen molar-refractivity contribution >= 4 is 22.8 Å². The summed E-state index contributed by atoms with van der Waals surface area (Å²) in [5.74, 6) is -1.16. The van der Waals surface area contributed by atoms with Crippen molar-refractivity contribution in [2.24, 2.45) is 0 Å². The normalized spacial score (nSPS) is 19.3. The molecule has 4 bridgehead atoms. The highest BCUT2D eigenvalue weighted by Crippen LogP contribution is 2.40. The molecule has 4 aromatic rings. The van der Waals surface area contributed by atoms with Crippen molar-refractivity contribution in [1.29, 1.82) is 0 Å². The summed E-state index contributed by atoms with van der Waals surface area (Å²) < 4.78 is 39.0. The molecule has 7 rings (SSSR count). The molecular weight excluding hydrogens is 566 g/mol. The van der Waals surface area contributed by atoms with Gasteiger partial charge in [0.1, 0.15) is 23.1 Å². The molecule has 44 heavy (non-hydrogen) atoms. The molecule has 1 aromatic carbocycles. The van der Waals surface area contributed by atoms with Crippen LogP contribution in [0, 0.1) is 11.6 Å². The maximum Gasteiger partial charge on any atom is 0.355 e. The van der Waals surface area contributed by atoms with E-state index in [9.17, 15) is 9.59 Å². The van der Waals surface area contributed by atoms with Gasteiger partial charge in [-0.2, -0.15) is 4.98 Å². The second-order valence-electron chi connectivity index (χ2n) is 11.9. The number of hydrogen-bond donors (Lipinski definition) is 0. The van der Waals surface area contributed by atoms with Gasteiger partial charge in [-0.15, -0.1) is 0 Å². The Labute approximate surface area is 252 Å². The first kappa shape index (κ1) is 28.1. The number of halogens is 2. The van der Waals surface area contributed by atoms with E-state index in [1.807, 2.05) is 24.8 Å². The van der Waals surface area contributed by atoms with Crippen LogP contribution in [0.4, 0.5) is 14.6 Å². The van der Waals surface area contributed by atoms with E-state index in [-0.39, 0.29) is 46.6 Å². The molecule has 3 aliphatic rings. The molecular formula is C33H32F2N6O3. The quantitative estimate of drug-likeness (QED) is 0.309. The molecule has 2 saturated heterocycles. The fraction of sp³-hybridized carbons (Fsp3) is 0.364. The number of hydrogen-bond acceptors (Lipinski definition) is 7. The van der Waals surface area contributed by atoms with Gasteiger partial charge >= 0.3 is 5.69 Å². The molecule has 2 fully saturated rings. The Bertz CT molecular complexity index is 1890. The van der Waals surface area contributed by atoms with Crippen LogP contribution in [0.25, 0.3) is 28.0 Å². The van der Waals surface area contributed by atoms with Crippen molar-refractivity contribution in [3.05, 3.63) is 82.6 Å². The van der Waals surface area contributed by atoms with E-state index < -0.39 is 17.3 Å². The standard InChI is InChI=1S/C33H32F2N6O3/c1-4-26(42)39-16-21-14-20(39)17-40(21)31-22-15-24(35)29-27-23(34)9-7-10-25(27)44-13-6-5-8-19-11-12-36-28(18(2)3)30(19)41(32(22)37-29)33(43)38-31/h4,7,9-12,15,18,20-21H,1,5-6,8,13-14,16-17H2,2-3H3/t20-,21-/m0/s1. The van der Waals surface area contributed by atoms with E-state index in [1.54, 1.807) is 17.2 Å². The molecule has 9 nitrogen and oxygen atoms in total. The zero-order chi connectivity index (χ0) is 30.7. The first-order chi connectivity index (χ1) is 21.3. The van der Waals surface area contributed by atoms with Gasteiger partial charge in [-0.25, -0.2) is 23.1 Å². The molecule has 0 aliphatic carbocycles. The van der Waals surface area contributed by atoms with Crippen molar-refractivity contribution in [3.63, 3.8) is 0 Å². The van der Waals surface area contributed by atoms with Gasteiger partial charge in [0.2, 0.25) is 5.91 Å². The number of aromatic nitrogens is 4. The second kappa shape index (κ2) is 10.8. The number of fused-ring (bicyclic) bond motifs is 7. The Hall–Kier alpha value is -4.67. The first-order valence-corrected chi connectivity index (χ1v) is 15.0. The Morgan fingerprint density at radius 2 is 1.95 bits per heavy atom. The van der Waals surface area contributed by atoms with Gasteiger partial charge in [0.05, 0.1) is 41.0 Å². The van der Waals surface area contributed by atoms with E-state index >= 15 is 8.78 Å². The first-order valence-electron chi connectivity index (χ1n) is 15.0. The number of ether oxygens (including phenoxy) is 1. The van der Waals surface area contributed by atoms with Crippen LogP contribution in [0.1, 0.15) is 50.3 Å². The summed E-state index contributed by atoms with van der Waals surface area (Å²) in [6, 6.07) is 7.33. The summed E-state index contributed by atoms with van der Waals surface area (Å²) in [6.07, 6.45) is 5.75. The number of carbonyl (C=O) groups is 1. The van der Waals surface area contributed by atoms with Crippen LogP contribution in [0.5, 0.6) is 5.75 Å². The van der Waals surface area contributed by atoms with E-state index in [4.69, 9.17) is 9.72 Å². The largest absolute Gasteiger partial charge is 0.493 e. The number of pyridine rings is 2. The van der Waals surface area contributed by atoms with Crippen molar-refractivity contribution in [2.45, 2.75) is 57.5 Å². The van der Waals surface area contributed by atoms with Gasteiger partial charge in [-0.1, -0.05) is 26.5 Å². The molecule has 6 heterocycles. The zero-order valence-corrected chi connectivity index (χ0v) is 24.6. The molecule has 2 atom stereocenters. The maximum absolute atomic E-state index is 16.2. The van der Waals surface area contributed by atoms with Crippen LogP contribution in [0.2, 0.25) is 0 Å². The molecule has 1 amide bonds. The van der Waals surface area contributed by atoms with Gasteiger partial charge in [-0.05, 0) is 67.5 Å². The summed E-state index contributed by atoms with van der Waals surface area (Å²) in [7, 11) is 0. The van der Waals surface area contributed by atoms with Gasteiger partial charge in [0.15, 0.2) is 11.5 Å². The minimum atomic E-state index is -0.765. The highest BCUT2D eigenvalue weighted by molar-refractivity contribution is 5.92. The highest BCUT2D eigenvalue weighted by atomic mass is 19.1. The predicted molar refractivity (Wildman–Crippen MR) is 162 cm³/mol. The number of amides is 1. The highest BCUT2D eigenvalue weighted by Gasteiger charge is 2.46. The molecule has 0 saturated carbocycles. The molecule has 226 valence electrons. The van der Waals surface area contributed by atoms with Crippen LogP contribution in [-0.2, 0) is 11.2 Å². The van der Waals surface area contributed by atoms with Crippen molar-refractivity contribution in [1.82, 2.24) is 24.4 Å². The molecule has 3 aliphatic heterocycles. The van der Waals surface area contributed by atoms with Crippen molar-refractivity contribution in [2.75, 3.05) is 24.6 Å². The third-order valence-corrected chi connectivity index (χ3v) is 8.89. The minimum Gasteiger partial charge on any atom is -0.493 e. The Morgan fingerprint density at radius 1 is 1.11 bits per heavy atom. The number of carbonyl (C=O) groups excluding carboxylic acids is 1. The number of nitrogens with zero attached hydrogens (tertiary/aromatic N) is 6. The fourth-order valence-corrected chi connectivity index (χ4v) is 6.86. The SMILES string of the molecule is C=CC(=O)N1C[C@@H]2C[C@H]1CN2c1nc(=O)n2c3nc(c(F)cc13)-c1c(F)cccc1OCCCCc1ccnc(C(C)C)c1-2. The van der Waals surface area contributed by atoms with Gasteiger partial charge in [0, 0.05) is 19.3 Å². The van der Waals surface area contributed by atoms with E-state index in [1.165, 1.54) is 28.8 Å². The zero-order valence-electron chi connectivity index (χ0n) is 24.6. The lowest BCUT2D eigenvalue weighted by atomic mass is 10.00. The van der Waals surface area contributed by atoms with Crippen LogP contribution >= 0.6 is 0 Å². The number of anilines is 1. The number of rotatable bonds is 3. The molecule has 0 radical (unpaired) electrons. The minimum absolute atomic E-state index is 0.0496. The molecule has 3 aromatic heterocycles. The van der Waals surface area contributed by atoms with Crippen molar-refractivity contribution < 1.29 is 18.3 Å². The maximum atomic E-state index is 16.2. The molecule has 0 spiro atoms. The predicted octanol–water partition coefficient (Wildman–Crippen LogP) is 4.93. The molecule has 11 heteroatoms. The summed E-state index contributed by atoms with van der Waals surface area (Å²) in [5, 5.41) is 0.318. The number of likely N-dealkylation sites (tertiary alicyclic amines) is 1. The third kappa shape index (κ3) is 4.44. The summed E-state index contributed by atoms with van der Waals surface area (Å²) in [5.41, 5.74) is 1.36. The molecule has 0 N–H and O–H groups in total. The third-order valence-electron chi connectivity index (χ3n) is 8.89. The van der Waals surface area contributed by atoms with E-state index in [0.29, 0.717) is 61.5 Å². The lowest BCUT2D eigenvalue weighted by Crippen LogP contribution is -2.49. The van der Waals surface area contributed by atoms with Crippen LogP contribution in [-0.4, -0.2) is 62.1 Å². The monoisotopic (exact) mass is 598 g/mol. The number of benzene rings is 1. The Kier molecular flexibility index (Phi) is 6.90.